The second-order valence-corrected chi connectivity index (χ2v) is 6.02. The number of hydrogen-bond acceptors (Lipinski definition) is 4. The fourth-order valence-electron chi connectivity index (χ4n) is 2.01. The van der Waals surface area contributed by atoms with E-state index >= 15 is 0 Å². The molecule has 1 saturated heterocycles. The van der Waals surface area contributed by atoms with Crippen LogP contribution in [0.2, 0.25) is 0 Å². The molecule has 0 N–H and O–H groups in total. The lowest BCUT2D eigenvalue weighted by molar-refractivity contribution is -0.387. The summed E-state index contributed by atoms with van der Waals surface area (Å²) in [5.41, 5.74) is -1.44. The van der Waals surface area contributed by atoms with Gasteiger partial charge in [-0.1, -0.05) is 6.92 Å². The quantitative estimate of drug-likeness (QED) is 0.622. The van der Waals surface area contributed by atoms with Gasteiger partial charge in [0.05, 0.1) is 16.6 Å². The van der Waals surface area contributed by atoms with Gasteiger partial charge in [-0.15, -0.1) is 0 Å². The average Bonchev–Trinajstić information content (AvgIpc) is 2.40. The van der Waals surface area contributed by atoms with Gasteiger partial charge in [-0.2, -0.15) is 16.2 Å². The molecule has 2 rings (SSSR count). The Labute approximate surface area is 118 Å². The van der Waals surface area contributed by atoms with Crippen LogP contribution in [0, 0.1) is 21.7 Å². The molecule has 1 unspecified atom stereocenters. The van der Waals surface area contributed by atoms with E-state index < -0.39 is 33.7 Å². The zero-order chi connectivity index (χ0) is 14.9. The predicted octanol–water partition coefficient (Wildman–Crippen LogP) is 2.45. The molecule has 0 spiro atoms. The fraction of sp³-hybridized carbons (Fsp3) is 0.417. The molecule has 0 radical (unpaired) electrons. The first-order chi connectivity index (χ1) is 9.40. The van der Waals surface area contributed by atoms with E-state index in [9.17, 15) is 23.7 Å². The summed E-state index contributed by atoms with van der Waals surface area (Å²) in [5.74, 6) is -2.19. The van der Waals surface area contributed by atoms with Crippen LogP contribution in [0.3, 0.4) is 0 Å². The highest BCUT2D eigenvalue weighted by Crippen LogP contribution is 2.24. The molecule has 8 heteroatoms. The van der Waals surface area contributed by atoms with E-state index in [0.29, 0.717) is 25.2 Å². The van der Waals surface area contributed by atoms with Gasteiger partial charge >= 0.3 is 5.69 Å². The minimum Gasteiger partial charge on any atom is -0.337 e. The lowest BCUT2D eigenvalue weighted by atomic mass is 10.1. The summed E-state index contributed by atoms with van der Waals surface area (Å²) in [6.07, 6.45) is 0. The molecule has 1 fully saturated rings. The van der Waals surface area contributed by atoms with Crippen molar-refractivity contribution in [2.45, 2.75) is 12.2 Å². The van der Waals surface area contributed by atoms with Crippen LogP contribution in [-0.4, -0.2) is 39.8 Å². The molecule has 1 heterocycles. The molecule has 5 nitrogen and oxygen atoms in total. The SMILES string of the molecule is CC1CN(C(=O)c2cc(F)c([N+](=O)[O-])cc2F)CCS1. The Balaban J connectivity index is 2.30. The van der Waals surface area contributed by atoms with Gasteiger partial charge in [-0.05, 0) is 6.07 Å². The van der Waals surface area contributed by atoms with Crippen LogP contribution in [0.25, 0.3) is 0 Å². The molecule has 1 aromatic carbocycles. The number of rotatable bonds is 2. The topological polar surface area (TPSA) is 63.5 Å². The first-order valence-electron chi connectivity index (χ1n) is 5.94. The van der Waals surface area contributed by atoms with Crippen molar-refractivity contribution in [3.63, 3.8) is 0 Å². The van der Waals surface area contributed by atoms with E-state index in [0.717, 1.165) is 5.75 Å². The highest BCUT2D eigenvalue weighted by Gasteiger charge is 2.27. The number of benzene rings is 1. The zero-order valence-electron chi connectivity index (χ0n) is 10.6. The number of carbonyl (C=O) groups excluding carboxylic acids is 1. The summed E-state index contributed by atoms with van der Waals surface area (Å²) in [4.78, 5) is 23.1. The molecular formula is C12H12F2N2O3S. The van der Waals surface area contributed by atoms with Crippen molar-refractivity contribution in [2.24, 2.45) is 0 Å². The second kappa shape index (κ2) is 5.74. The maximum Gasteiger partial charge on any atom is 0.307 e. The maximum absolute atomic E-state index is 13.8. The molecule has 1 amide bonds. The molecule has 0 saturated carbocycles. The van der Waals surface area contributed by atoms with E-state index in [1.807, 2.05) is 6.92 Å². The molecular weight excluding hydrogens is 290 g/mol. The summed E-state index contributed by atoms with van der Waals surface area (Å²) in [6, 6.07) is 1.05. The summed E-state index contributed by atoms with van der Waals surface area (Å²) < 4.78 is 27.3. The van der Waals surface area contributed by atoms with Crippen LogP contribution < -0.4 is 0 Å². The van der Waals surface area contributed by atoms with E-state index in [1.165, 1.54) is 4.90 Å². The number of nitro benzene ring substituents is 1. The first-order valence-corrected chi connectivity index (χ1v) is 6.99. The molecule has 1 aliphatic heterocycles. The van der Waals surface area contributed by atoms with Gasteiger partial charge in [0.15, 0.2) is 0 Å². The summed E-state index contributed by atoms with van der Waals surface area (Å²) in [5, 5.41) is 10.7. The van der Waals surface area contributed by atoms with Crippen LogP contribution in [-0.2, 0) is 0 Å². The largest absolute Gasteiger partial charge is 0.337 e. The Kier molecular flexibility index (Phi) is 4.22. The molecule has 0 aliphatic carbocycles. The number of nitro groups is 1. The zero-order valence-corrected chi connectivity index (χ0v) is 11.5. The van der Waals surface area contributed by atoms with E-state index in [1.54, 1.807) is 11.8 Å². The van der Waals surface area contributed by atoms with Gasteiger partial charge in [0, 0.05) is 24.1 Å². The smallest absolute Gasteiger partial charge is 0.307 e. The third-order valence-corrected chi connectivity index (χ3v) is 4.13. The van der Waals surface area contributed by atoms with Crippen molar-refractivity contribution in [3.8, 4) is 0 Å². The van der Waals surface area contributed by atoms with E-state index in [4.69, 9.17) is 0 Å². The predicted molar refractivity (Wildman–Crippen MR) is 70.8 cm³/mol. The third-order valence-electron chi connectivity index (χ3n) is 2.99. The molecule has 1 aliphatic rings. The van der Waals surface area contributed by atoms with Crippen LogP contribution in [0.4, 0.5) is 14.5 Å². The monoisotopic (exact) mass is 302 g/mol. The van der Waals surface area contributed by atoms with Crippen molar-refractivity contribution in [2.75, 3.05) is 18.8 Å². The molecule has 1 atom stereocenters. The third kappa shape index (κ3) is 2.90. The molecule has 20 heavy (non-hydrogen) atoms. The summed E-state index contributed by atoms with van der Waals surface area (Å²) in [7, 11) is 0. The van der Waals surface area contributed by atoms with E-state index in [2.05, 4.69) is 0 Å². The van der Waals surface area contributed by atoms with Crippen molar-refractivity contribution in [1.29, 1.82) is 0 Å². The number of halogens is 2. The van der Waals surface area contributed by atoms with Crippen LogP contribution in [0.1, 0.15) is 17.3 Å². The van der Waals surface area contributed by atoms with Gasteiger partial charge in [0.1, 0.15) is 5.82 Å². The van der Waals surface area contributed by atoms with Crippen molar-refractivity contribution < 1.29 is 18.5 Å². The van der Waals surface area contributed by atoms with Crippen LogP contribution >= 0.6 is 11.8 Å². The fourth-order valence-corrected chi connectivity index (χ4v) is 3.03. The average molecular weight is 302 g/mol. The van der Waals surface area contributed by atoms with Crippen LogP contribution in [0.15, 0.2) is 12.1 Å². The lowest BCUT2D eigenvalue weighted by Gasteiger charge is -2.30. The highest BCUT2D eigenvalue weighted by molar-refractivity contribution is 7.99. The van der Waals surface area contributed by atoms with Crippen LogP contribution in [0.5, 0.6) is 0 Å². The molecule has 1 aromatic rings. The van der Waals surface area contributed by atoms with Crippen molar-refractivity contribution in [1.82, 2.24) is 4.90 Å². The Morgan fingerprint density at radius 1 is 1.45 bits per heavy atom. The van der Waals surface area contributed by atoms with Gasteiger partial charge in [0.25, 0.3) is 5.91 Å². The molecule has 108 valence electrons. The standard InChI is InChI=1S/C12H12F2N2O3S/c1-7-6-15(2-3-20-7)12(17)8-4-10(14)11(16(18)19)5-9(8)13/h4-5,7H,2-3,6H2,1H3. The number of amides is 1. The first kappa shape index (κ1) is 14.7. The molecule has 0 aromatic heterocycles. The summed E-state index contributed by atoms with van der Waals surface area (Å²) in [6.45, 7) is 2.84. The number of carbonyl (C=O) groups is 1. The maximum atomic E-state index is 13.8. The minimum absolute atomic E-state index is 0.221. The highest BCUT2D eigenvalue weighted by atomic mass is 32.2. The van der Waals surface area contributed by atoms with Crippen molar-refractivity contribution in [3.05, 3.63) is 39.4 Å². The number of thioether (sulfide) groups is 1. The Hall–Kier alpha value is -1.70. The molecule has 0 bridgehead atoms. The van der Waals surface area contributed by atoms with E-state index in [-0.39, 0.29) is 5.25 Å². The number of hydrogen-bond donors (Lipinski definition) is 0. The Bertz CT molecular complexity index is 568. The Morgan fingerprint density at radius 2 is 2.15 bits per heavy atom. The van der Waals surface area contributed by atoms with Gasteiger partial charge in [-0.25, -0.2) is 4.39 Å². The van der Waals surface area contributed by atoms with Crippen molar-refractivity contribution >= 4 is 23.4 Å². The van der Waals surface area contributed by atoms with Gasteiger partial charge in [0.2, 0.25) is 5.82 Å². The lowest BCUT2D eigenvalue weighted by Crippen LogP contribution is -2.41. The number of nitrogens with zero attached hydrogens (tertiary/aromatic N) is 2. The summed E-state index contributed by atoms with van der Waals surface area (Å²) >= 11 is 1.70. The van der Waals surface area contributed by atoms with Gasteiger partial charge in [-0.3, -0.25) is 14.9 Å². The normalized spacial score (nSPS) is 18.9. The van der Waals surface area contributed by atoms with Gasteiger partial charge < -0.3 is 4.90 Å². The minimum atomic E-state index is -1.21. The Morgan fingerprint density at radius 3 is 2.75 bits per heavy atom. The second-order valence-electron chi connectivity index (χ2n) is 4.47.